The summed E-state index contributed by atoms with van der Waals surface area (Å²) in [5.74, 6) is -0.979. The van der Waals surface area contributed by atoms with E-state index in [0.717, 1.165) is 16.8 Å². The van der Waals surface area contributed by atoms with Gasteiger partial charge in [-0.25, -0.2) is 9.78 Å². The van der Waals surface area contributed by atoms with Gasteiger partial charge in [-0.2, -0.15) is 5.26 Å². The Balaban J connectivity index is 1.90. The number of hydrogen-bond acceptors (Lipinski definition) is 5. The zero-order valence-electron chi connectivity index (χ0n) is 12.4. The van der Waals surface area contributed by atoms with E-state index in [1.165, 1.54) is 23.5 Å². The van der Waals surface area contributed by atoms with Crippen molar-refractivity contribution in [2.45, 2.75) is 0 Å². The van der Waals surface area contributed by atoms with Crippen molar-refractivity contribution in [3.05, 3.63) is 70.3 Å². The molecule has 0 saturated heterocycles. The fourth-order valence-corrected chi connectivity index (χ4v) is 2.88. The molecule has 24 heavy (non-hydrogen) atoms. The average molecular weight is 333 g/mol. The van der Waals surface area contributed by atoms with Crippen LogP contribution in [0.3, 0.4) is 0 Å². The Morgan fingerprint density at radius 2 is 1.88 bits per heavy atom. The molecule has 0 aliphatic carbocycles. The predicted molar refractivity (Wildman–Crippen MR) is 92.2 cm³/mol. The predicted octanol–water partition coefficient (Wildman–Crippen LogP) is 3.97. The van der Waals surface area contributed by atoms with Crippen LogP contribution in [0.1, 0.15) is 20.9 Å². The van der Waals surface area contributed by atoms with Gasteiger partial charge in [0, 0.05) is 23.3 Å². The molecule has 0 unspecified atom stereocenters. The molecule has 3 aromatic rings. The van der Waals surface area contributed by atoms with Gasteiger partial charge in [0.25, 0.3) is 0 Å². The second-order valence-electron chi connectivity index (χ2n) is 4.87. The molecule has 5 nitrogen and oxygen atoms in total. The van der Waals surface area contributed by atoms with E-state index >= 15 is 0 Å². The van der Waals surface area contributed by atoms with Crippen LogP contribution < -0.4 is 0 Å². The second-order valence-corrected chi connectivity index (χ2v) is 5.73. The molecule has 0 spiro atoms. The number of carbonyl (C=O) groups is 1. The van der Waals surface area contributed by atoms with Crippen LogP contribution in [0, 0.1) is 11.3 Å². The van der Waals surface area contributed by atoms with E-state index in [0.29, 0.717) is 10.6 Å². The quantitative estimate of drug-likeness (QED) is 0.730. The van der Waals surface area contributed by atoms with Crippen LogP contribution in [-0.4, -0.2) is 21.0 Å². The summed E-state index contributed by atoms with van der Waals surface area (Å²) in [6.07, 6.45) is 5.08. The zero-order chi connectivity index (χ0) is 16.9. The molecule has 0 radical (unpaired) electrons. The summed E-state index contributed by atoms with van der Waals surface area (Å²) in [7, 11) is 0. The average Bonchev–Trinajstić information content (AvgIpc) is 3.11. The van der Waals surface area contributed by atoms with E-state index in [4.69, 9.17) is 5.11 Å². The molecule has 0 atom stereocenters. The normalized spacial score (nSPS) is 11.0. The molecule has 1 aromatic carbocycles. The fraction of sp³-hybridized carbons (Fsp3) is 0. The summed E-state index contributed by atoms with van der Waals surface area (Å²) in [4.78, 5) is 19.3. The number of carboxylic acid groups (broad SMARTS) is 1. The van der Waals surface area contributed by atoms with Crippen molar-refractivity contribution in [1.82, 2.24) is 9.97 Å². The van der Waals surface area contributed by atoms with E-state index in [1.807, 2.05) is 17.5 Å². The molecule has 0 amide bonds. The molecule has 6 heteroatoms. The fourth-order valence-electron chi connectivity index (χ4n) is 2.08. The Bertz CT molecular complexity index is 938. The number of hydrogen-bond donors (Lipinski definition) is 1. The lowest BCUT2D eigenvalue weighted by Crippen LogP contribution is -1.94. The van der Waals surface area contributed by atoms with Gasteiger partial charge in [0.2, 0.25) is 0 Å². The Labute approximate surface area is 142 Å². The van der Waals surface area contributed by atoms with Crippen molar-refractivity contribution in [2.75, 3.05) is 0 Å². The maximum absolute atomic E-state index is 10.9. The van der Waals surface area contributed by atoms with E-state index in [-0.39, 0.29) is 5.56 Å². The molecule has 2 heterocycles. The lowest BCUT2D eigenvalue weighted by atomic mass is 10.1. The Morgan fingerprint density at radius 3 is 2.50 bits per heavy atom. The molecule has 0 bridgehead atoms. The molecular weight excluding hydrogens is 322 g/mol. The van der Waals surface area contributed by atoms with E-state index in [2.05, 4.69) is 16.0 Å². The van der Waals surface area contributed by atoms with E-state index in [9.17, 15) is 10.1 Å². The number of benzene rings is 1. The van der Waals surface area contributed by atoms with Gasteiger partial charge in [0.05, 0.1) is 16.8 Å². The van der Waals surface area contributed by atoms with Crippen LogP contribution >= 0.6 is 11.3 Å². The summed E-state index contributed by atoms with van der Waals surface area (Å²) in [6, 6.07) is 12.2. The van der Waals surface area contributed by atoms with Crippen LogP contribution in [0.5, 0.6) is 0 Å². The smallest absolute Gasteiger partial charge is 0.335 e. The first-order valence-electron chi connectivity index (χ1n) is 6.99. The number of thiazole rings is 1. The molecule has 0 saturated carbocycles. The largest absolute Gasteiger partial charge is 0.478 e. The molecule has 0 aliphatic rings. The molecule has 0 fully saturated rings. The van der Waals surface area contributed by atoms with Gasteiger partial charge in [-0.15, -0.1) is 11.3 Å². The summed E-state index contributed by atoms with van der Waals surface area (Å²) < 4.78 is 0. The Morgan fingerprint density at radius 1 is 1.17 bits per heavy atom. The van der Waals surface area contributed by atoms with Gasteiger partial charge in [-0.1, -0.05) is 12.1 Å². The minimum atomic E-state index is -0.979. The molecule has 1 N–H and O–H groups in total. The van der Waals surface area contributed by atoms with Gasteiger partial charge in [0.15, 0.2) is 0 Å². The number of allylic oxidation sites excluding steroid dienone is 1. The maximum atomic E-state index is 10.9. The third kappa shape index (κ3) is 3.37. The topological polar surface area (TPSA) is 86.9 Å². The first-order chi connectivity index (χ1) is 11.7. The molecule has 2 aromatic heterocycles. The highest BCUT2D eigenvalue weighted by molar-refractivity contribution is 7.11. The van der Waals surface area contributed by atoms with Gasteiger partial charge >= 0.3 is 5.97 Å². The second kappa shape index (κ2) is 6.86. The number of nitrogens with zero attached hydrogens (tertiary/aromatic N) is 3. The van der Waals surface area contributed by atoms with Crippen molar-refractivity contribution in [1.29, 1.82) is 5.26 Å². The summed E-state index contributed by atoms with van der Waals surface area (Å²) in [6.45, 7) is 0. The van der Waals surface area contributed by atoms with Gasteiger partial charge in [-0.05, 0) is 35.9 Å². The van der Waals surface area contributed by atoms with Crippen LogP contribution in [-0.2, 0) is 0 Å². The standard InChI is InChI=1S/C18H11N3O2S/c19-10-15(9-12-1-3-14(4-2-12)18(22)23)17-21-16(11-24-17)13-5-7-20-8-6-13/h1-9,11H,(H,22,23)/b15-9-. The van der Waals surface area contributed by atoms with E-state index < -0.39 is 5.97 Å². The van der Waals surface area contributed by atoms with Crippen molar-refractivity contribution in [3.8, 4) is 17.3 Å². The monoisotopic (exact) mass is 333 g/mol. The Kier molecular flexibility index (Phi) is 4.45. The highest BCUT2D eigenvalue weighted by Crippen LogP contribution is 2.26. The number of aromatic nitrogens is 2. The van der Waals surface area contributed by atoms with Crippen molar-refractivity contribution >= 4 is 29.0 Å². The van der Waals surface area contributed by atoms with Crippen LogP contribution in [0.25, 0.3) is 22.9 Å². The number of pyridine rings is 1. The summed E-state index contributed by atoms with van der Waals surface area (Å²) >= 11 is 1.39. The maximum Gasteiger partial charge on any atom is 0.335 e. The van der Waals surface area contributed by atoms with Gasteiger partial charge < -0.3 is 5.11 Å². The first kappa shape index (κ1) is 15.6. The molecule has 3 rings (SSSR count). The summed E-state index contributed by atoms with van der Waals surface area (Å²) in [5.41, 5.74) is 3.12. The number of rotatable bonds is 4. The van der Waals surface area contributed by atoms with Crippen LogP contribution in [0.2, 0.25) is 0 Å². The van der Waals surface area contributed by atoms with Crippen LogP contribution in [0.15, 0.2) is 54.2 Å². The lowest BCUT2D eigenvalue weighted by Gasteiger charge is -1.98. The van der Waals surface area contributed by atoms with Gasteiger partial charge in [0.1, 0.15) is 11.1 Å². The third-order valence-corrected chi connectivity index (χ3v) is 4.18. The molecular formula is C18H11N3O2S. The van der Waals surface area contributed by atoms with Crippen LogP contribution in [0.4, 0.5) is 0 Å². The first-order valence-corrected chi connectivity index (χ1v) is 7.87. The lowest BCUT2D eigenvalue weighted by molar-refractivity contribution is 0.0697. The number of aromatic carboxylic acids is 1. The minimum absolute atomic E-state index is 0.208. The minimum Gasteiger partial charge on any atom is -0.478 e. The van der Waals surface area contributed by atoms with E-state index in [1.54, 1.807) is 30.6 Å². The highest BCUT2D eigenvalue weighted by atomic mass is 32.1. The van der Waals surface area contributed by atoms with Crippen molar-refractivity contribution in [3.63, 3.8) is 0 Å². The zero-order valence-corrected chi connectivity index (χ0v) is 13.2. The number of carboxylic acids is 1. The Hall–Kier alpha value is -3.30. The SMILES string of the molecule is N#C/C(=C/c1ccc(C(=O)O)cc1)c1nc(-c2ccncc2)cs1. The third-order valence-electron chi connectivity index (χ3n) is 3.30. The highest BCUT2D eigenvalue weighted by Gasteiger charge is 2.09. The molecule has 116 valence electrons. The summed E-state index contributed by atoms with van der Waals surface area (Å²) in [5, 5.41) is 20.8. The van der Waals surface area contributed by atoms with Crippen molar-refractivity contribution < 1.29 is 9.90 Å². The van der Waals surface area contributed by atoms with Crippen molar-refractivity contribution in [2.24, 2.45) is 0 Å². The molecule has 0 aliphatic heterocycles. The van der Waals surface area contributed by atoms with Gasteiger partial charge in [-0.3, -0.25) is 4.98 Å². The number of nitriles is 1.